The molecule has 1 aliphatic rings. The summed E-state index contributed by atoms with van der Waals surface area (Å²) in [6.45, 7) is 6.13. The van der Waals surface area contributed by atoms with Crippen LogP contribution in [0.25, 0.3) is 0 Å². The predicted molar refractivity (Wildman–Crippen MR) is 84.0 cm³/mol. The molecule has 1 saturated heterocycles. The van der Waals surface area contributed by atoms with Gasteiger partial charge < -0.3 is 0 Å². The van der Waals surface area contributed by atoms with E-state index in [-0.39, 0.29) is 27.5 Å². The molecule has 0 saturated carbocycles. The summed E-state index contributed by atoms with van der Waals surface area (Å²) in [6, 6.07) is 2.69. The van der Waals surface area contributed by atoms with E-state index in [1.165, 1.54) is 26.0 Å². The molecule has 1 aliphatic heterocycles. The zero-order valence-electron chi connectivity index (χ0n) is 12.5. The molecular formula is C13H16ClNO5S2. The van der Waals surface area contributed by atoms with Crippen molar-refractivity contribution in [3.63, 3.8) is 0 Å². The van der Waals surface area contributed by atoms with E-state index in [4.69, 9.17) is 10.7 Å². The fourth-order valence-electron chi connectivity index (χ4n) is 2.69. The highest BCUT2D eigenvalue weighted by molar-refractivity contribution is 8.13. The fourth-order valence-corrected chi connectivity index (χ4v) is 6.40. The molecule has 22 heavy (non-hydrogen) atoms. The minimum atomic E-state index is -3.95. The van der Waals surface area contributed by atoms with Crippen molar-refractivity contribution in [1.82, 2.24) is 0 Å². The van der Waals surface area contributed by atoms with Crippen molar-refractivity contribution >= 4 is 41.4 Å². The molecule has 0 unspecified atom stereocenters. The van der Waals surface area contributed by atoms with Crippen molar-refractivity contribution in [1.29, 1.82) is 0 Å². The Labute approximate surface area is 134 Å². The first-order valence-electron chi connectivity index (χ1n) is 6.41. The van der Waals surface area contributed by atoms with E-state index in [0.29, 0.717) is 0 Å². The van der Waals surface area contributed by atoms with E-state index in [9.17, 15) is 21.6 Å². The van der Waals surface area contributed by atoms with Gasteiger partial charge in [0.05, 0.1) is 21.8 Å². The molecule has 1 fully saturated rings. The number of nitrogens with zero attached hydrogens (tertiary/aromatic N) is 1. The quantitative estimate of drug-likeness (QED) is 0.747. The van der Waals surface area contributed by atoms with Crippen LogP contribution in [0.3, 0.4) is 0 Å². The smallest absolute Gasteiger partial charge is 0.261 e. The molecule has 0 atom stereocenters. The van der Waals surface area contributed by atoms with Crippen LogP contribution in [0.15, 0.2) is 17.0 Å². The molecule has 0 radical (unpaired) electrons. The van der Waals surface area contributed by atoms with Crippen molar-refractivity contribution in [2.24, 2.45) is 5.41 Å². The first kappa shape index (κ1) is 17.2. The summed E-state index contributed by atoms with van der Waals surface area (Å²) in [4.78, 5) is 12.3. The van der Waals surface area contributed by atoms with Gasteiger partial charge in [-0.3, -0.25) is 4.79 Å². The molecule has 1 amide bonds. The number of sulfonamides is 1. The molecule has 0 spiro atoms. The molecule has 0 bridgehead atoms. The third-order valence-corrected chi connectivity index (χ3v) is 7.12. The standard InChI is InChI=1S/C13H16ClNO5S2/c1-8-5-10(6-9(2)11(8)22(14,19)20)15-12(16)13(3,4)7-21(15,17)18/h5-6H,7H2,1-4H3. The molecule has 6 nitrogen and oxygen atoms in total. The Kier molecular flexibility index (Phi) is 3.87. The van der Waals surface area contributed by atoms with Crippen LogP contribution in [-0.2, 0) is 23.9 Å². The highest BCUT2D eigenvalue weighted by Gasteiger charge is 2.50. The van der Waals surface area contributed by atoms with Gasteiger partial charge in [0.15, 0.2) is 0 Å². The number of carbonyl (C=O) groups excluding carboxylic acids is 1. The van der Waals surface area contributed by atoms with Gasteiger partial charge in [0.1, 0.15) is 0 Å². The maximum absolute atomic E-state index is 12.4. The van der Waals surface area contributed by atoms with Crippen molar-refractivity contribution in [2.75, 3.05) is 10.1 Å². The lowest BCUT2D eigenvalue weighted by atomic mass is 9.95. The topological polar surface area (TPSA) is 88.6 Å². The van der Waals surface area contributed by atoms with E-state index in [0.717, 1.165) is 4.31 Å². The minimum absolute atomic E-state index is 0.0683. The third-order valence-electron chi connectivity index (χ3n) is 3.51. The summed E-state index contributed by atoms with van der Waals surface area (Å²) >= 11 is 0. The highest BCUT2D eigenvalue weighted by atomic mass is 35.7. The highest BCUT2D eigenvalue weighted by Crippen LogP contribution is 2.38. The SMILES string of the molecule is Cc1cc(N2C(=O)C(C)(C)CS2(=O)=O)cc(C)c1S(=O)(=O)Cl. The van der Waals surface area contributed by atoms with E-state index in [1.54, 1.807) is 13.8 Å². The average molecular weight is 366 g/mol. The van der Waals surface area contributed by atoms with Crippen molar-refractivity contribution < 1.29 is 21.6 Å². The van der Waals surface area contributed by atoms with Gasteiger partial charge in [0.2, 0.25) is 15.9 Å². The van der Waals surface area contributed by atoms with Crippen LogP contribution in [-0.4, -0.2) is 28.5 Å². The summed E-state index contributed by atoms with van der Waals surface area (Å²) in [5.74, 6) is -0.820. The van der Waals surface area contributed by atoms with Crippen molar-refractivity contribution in [3.05, 3.63) is 23.3 Å². The van der Waals surface area contributed by atoms with Gasteiger partial charge in [0, 0.05) is 10.7 Å². The molecule has 1 aromatic carbocycles. The number of hydrogen-bond acceptors (Lipinski definition) is 5. The van der Waals surface area contributed by atoms with Crippen LogP contribution < -0.4 is 4.31 Å². The first-order valence-corrected chi connectivity index (χ1v) is 10.3. The number of amides is 1. The van der Waals surface area contributed by atoms with Gasteiger partial charge in [-0.2, -0.15) is 0 Å². The van der Waals surface area contributed by atoms with Crippen LogP contribution in [0.2, 0.25) is 0 Å². The van der Waals surface area contributed by atoms with E-state index >= 15 is 0 Å². The second kappa shape index (κ2) is 4.94. The van der Waals surface area contributed by atoms with Crippen LogP contribution >= 0.6 is 10.7 Å². The number of halogens is 1. The van der Waals surface area contributed by atoms with Gasteiger partial charge in [-0.25, -0.2) is 21.1 Å². The zero-order chi connectivity index (χ0) is 17.1. The molecule has 0 aliphatic carbocycles. The summed E-state index contributed by atoms with van der Waals surface area (Å²) < 4.78 is 48.4. The molecule has 2 rings (SSSR count). The first-order chi connectivity index (χ1) is 9.77. The molecular weight excluding hydrogens is 350 g/mol. The molecule has 0 N–H and O–H groups in total. The summed E-state index contributed by atoms with van der Waals surface area (Å²) in [5, 5.41) is 0. The summed E-state index contributed by atoms with van der Waals surface area (Å²) in [5.41, 5.74) is -0.303. The zero-order valence-corrected chi connectivity index (χ0v) is 14.9. The molecule has 122 valence electrons. The molecule has 9 heteroatoms. The maximum Gasteiger partial charge on any atom is 0.261 e. The Morgan fingerprint density at radius 1 is 1.18 bits per heavy atom. The van der Waals surface area contributed by atoms with E-state index in [2.05, 4.69) is 0 Å². The van der Waals surface area contributed by atoms with Gasteiger partial charge in [-0.1, -0.05) is 0 Å². The third kappa shape index (κ3) is 2.75. The van der Waals surface area contributed by atoms with Crippen LogP contribution in [0.1, 0.15) is 25.0 Å². The summed E-state index contributed by atoms with van der Waals surface area (Å²) in [6.07, 6.45) is 0. The number of carbonyl (C=O) groups is 1. The number of rotatable bonds is 2. The summed E-state index contributed by atoms with van der Waals surface area (Å²) in [7, 11) is -2.34. The maximum atomic E-state index is 12.4. The van der Waals surface area contributed by atoms with Gasteiger partial charge in [0.25, 0.3) is 9.05 Å². The Balaban J connectivity index is 2.68. The van der Waals surface area contributed by atoms with E-state index < -0.39 is 30.4 Å². The molecule has 1 aromatic rings. The Morgan fingerprint density at radius 3 is 1.95 bits per heavy atom. The lowest BCUT2D eigenvalue weighted by molar-refractivity contribution is -0.123. The lowest BCUT2D eigenvalue weighted by Crippen LogP contribution is -2.33. The predicted octanol–water partition coefficient (Wildman–Crippen LogP) is 1.93. The fraction of sp³-hybridized carbons (Fsp3) is 0.462. The average Bonchev–Trinajstić information content (AvgIpc) is 2.39. The Morgan fingerprint density at radius 2 is 1.64 bits per heavy atom. The molecule has 1 heterocycles. The van der Waals surface area contributed by atoms with Gasteiger partial charge in [-0.15, -0.1) is 0 Å². The van der Waals surface area contributed by atoms with Gasteiger partial charge in [-0.05, 0) is 51.0 Å². The Hall–Kier alpha value is -1.12. The van der Waals surface area contributed by atoms with Gasteiger partial charge >= 0.3 is 0 Å². The minimum Gasteiger partial charge on any atom is -0.273 e. The van der Waals surface area contributed by atoms with E-state index in [1.807, 2.05) is 0 Å². The van der Waals surface area contributed by atoms with Crippen molar-refractivity contribution in [2.45, 2.75) is 32.6 Å². The normalized spacial score (nSPS) is 20.4. The number of aryl methyl sites for hydroxylation is 2. The van der Waals surface area contributed by atoms with Crippen LogP contribution in [0, 0.1) is 19.3 Å². The second-order valence-corrected chi connectivity index (χ2v) is 10.4. The molecule has 0 aromatic heterocycles. The van der Waals surface area contributed by atoms with Crippen LogP contribution in [0.5, 0.6) is 0 Å². The van der Waals surface area contributed by atoms with Crippen LogP contribution in [0.4, 0.5) is 5.69 Å². The number of benzene rings is 1. The second-order valence-electron chi connectivity index (χ2n) is 6.06. The number of hydrogen-bond donors (Lipinski definition) is 0. The lowest BCUT2D eigenvalue weighted by Gasteiger charge is -2.19. The Bertz CT molecular complexity index is 849. The monoisotopic (exact) mass is 365 g/mol. The number of anilines is 1. The van der Waals surface area contributed by atoms with Crippen molar-refractivity contribution in [3.8, 4) is 0 Å². The largest absolute Gasteiger partial charge is 0.273 e.